The third-order valence-electron chi connectivity index (χ3n) is 5.00. The molecule has 0 fully saturated rings. The number of nitrogens with one attached hydrogen (secondary N) is 3. The van der Waals surface area contributed by atoms with E-state index in [-0.39, 0.29) is 17.8 Å². The van der Waals surface area contributed by atoms with Crippen LogP contribution in [0.15, 0.2) is 72.1 Å². The number of fused-ring (bicyclic) bond motifs is 1. The van der Waals surface area contributed by atoms with Gasteiger partial charge >= 0.3 is 11.6 Å². The van der Waals surface area contributed by atoms with Crippen molar-refractivity contribution in [3.05, 3.63) is 84.6 Å². The van der Waals surface area contributed by atoms with Crippen LogP contribution in [-0.4, -0.2) is 36.3 Å². The summed E-state index contributed by atoms with van der Waals surface area (Å²) in [5, 5.41) is 8.31. The average molecular weight is 443 g/mol. The number of aromatic nitrogens is 6. The van der Waals surface area contributed by atoms with Gasteiger partial charge in [-0.1, -0.05) is 30.3 Å². The number of amides is 2. The zero-order valence-electron chi connectivity index (χ0n) is 17.5. The Labute approximate surface area is 187 Å². The number of aromatic amines is 1. The van der Waals surface area contributed by atoms with Crippen LogP contribution in [0, 0.1) is 0 Å². The normalized spacial score (nSPS) is 10.9. The molecule has 0 atom stereocenters. The molecule has 0 radical (unpaired) electrons. The molecule has 4 heterocycles. The molecule has 0 saturated carbocycles. The Hall–Kier alpha value is -4.80. The molecule has 0 spiro atoms. The van der Waals surface area contributed by atoms with E-state index in [9.17, 15) is 9.59 Å². The van der Waals surface area contributed by atoms with Gasteiger partial charge in [0.05, 0.1) is 24.1 Å². The minimum atomic E-state index is -0.489. The Morgan fingerprint density at radius 3 is 2.79 bits per heavy atom. The number of carbonyl (C=O) groups is 2. The number of imidazole rings is 1. The number of hydrogen-bond donors (Lipinski definition) is 3. The molecule has 0 unspecified atom stereocenters. The number of rotatable bonds is 6. The first kappa shape index (κ1) is 20.1. The van der Waals surface area contributed by atoms with Gasteiger partial charge in [0.1, 0.15) is 17.6 Å². The van der Waals surface area contributed by atoms with Crippen LogP contribution in [0.3, 0.4) is 0 Å². The standard InChI is InChI=1S/C22H18N8O3/c1-29-19(16(10-25-29)20(31)23-9-15-12-33-13-24-15)21(32)27-18-7-8-30-11-17(26-22(30)28-18)14-5-3-2-4-6-14/h2-8,10-13H,9H2,1H3,(H2,23,26,27,28,31,32)/p+1. The number of carbonyl (C=O) groups excluding carboxylic acids is 2. The predicted octanol–water partition coefficient (Wildman–Crippen LogP) is 1.72. The van der Waals surface area contributed by atoms with Crippen LogP contribution in [0.25, 0.3) is 17.0 Å². The second-order valence-corrected chi connectivity index (χ2v) is 7.22. The predicted molar refractivity (Wildman–Crippen MR) is 116 cm³/mol. The van der Waals surface area contributed by atoms with Crippen molar-refractivity contribution in [2.45, 2.75) is 6.54 Å². The van der Waals surface area contributed by atoms with Crippen molar-refractivity contribution in [3.63, 3.8) is 0 Å². The molecule has 11 heteroatoms. The van der Waals surface area contributed by atoms with E-state index in [4.69, 9.17) is 4.42 Å². The van der Waals surface area contributed by atoms with Crippen LogP contribution in [0.1, 0.15) is 26.5 Å². The lowest BCUT2D eigenvalue weighted by Gasteiger charge is -2.04. The second kappa shape index (κ2) is 8.38. The Bertz CT molecular complexity index is 1440. The van der Waals surface area contributed by atoms with Gasteiger partial charge in [-0.15, -0.1) is 4.68 Å². The van der Waals surface area contributed by atoms with Crippen molar-refractivity contribution in [1.82, 2.24) is 29.8 Å². The quantitative estimate of drug-likeness (QED) is 0.342. The lowest BCUT2D eigenvalue weighted by atomic mass is 10.2. The van der Waals surface area contributed by atoms with Gasteiger partial charge in [-0.25, -0.2) is 9.97 Å². The minimum Gasteiger partial charge on any atom is -0.451 e. The first-order chi connectivity index (χ1) is 16.1. The van der Waals surface area contributed by atoms with Gasteiger partial charge in [-0.2, -0.15) is 10.1 Å². The lowest BCUT2D eigenvalue weighted by Crippen LogP contribution is -2.40. The maximum absolute atomic E-state index is 13.0. The Morgan fingerprint density at radius 1 is 1.15 bits per heavy atom. The van der Waals surface area contributed by atoms with Crippen LogP contribution >= 0.6 is 0 Å². The highest BCUT2D eigenvalue weighted by Crippen LogP contribution is 2.19. The van der Waals surface area contributed by atoms with Crippen LogP contribution in [0.5, 0.6) is 0 Å². The molecule has 3 N–H and O–H groups in total. The molecule has 0 saturated heterocycles. The molecule has 0 aliphatic carbocycles. The van der Waals surface area contributed by atoms with E-state index < -0.39 is 11.8 Å². The van der Waals surface area contributed by atoms with E-state index >= 15 is 0 Å². The van der Waals surface area contributed by atoms with Gasteiger partial charge in [-0.3, -0.25) is 14.0 Å². The molecule has 0 aliphatic rings. The minimum absolute atomic E-state index is 0.155. The van der Waals surface area contributed by atoms with E-state index in [2.05, 4.69) is 30.7 Å². The molecule has 5 aromatic rings. The summed E-state index contributed by atoms with van der Waals surface area (Å²) < 4.78 is 8.13. The van der Waals surface area contributed by atoms with Gasteiger partial charge in [0.25, 0.3) is 5.91 Å². The smallest absolute Gasteiger partial charge is 0.324 e. The SMILES string of the molecule is C[n+]1[nH]cc(C(=O)NCc2cocn2)c1C(=O)Nc1ccn2cc(-c3ccccc3)nc2n1. The Kier molecular flexibility index (Phi) is 5.11. The van der Waals surface area contributed by atoms with Crippen LogP contribution < -0.4 is 15.3 Å². The fourth-order valence-electron chi connectivity index (χ4n) is 3.38. The van der Waals surface area contributed by atoms with Crippen molar-refractivity contribution in [2.24, 2.45) is 7.05 Å². The summed E-state index contributed by atoms with van der Waals surface area (Å²) in [7, 11) is 1.64. The van der Waals surface area contributed by atoms with Gasteiger partial charge in [0, 0.05) is 18.0 Å². The van der Waals surface area contributed by atoms with E-state index in [1.807, 2.05) is 36.5 Å². The molecular weight excluding hydrogens is 424 g/mol. The number of benzene rings is 1. The Balaban J connectivity index is 1.35. The molecular formula is C22H19N8O3+. The molecule has 11 nitrogen and oxygen atoms in total. The molecule has 5 rings (SSSR count). The summed E-state index contributed by atoms with van der Waals surface area (Å²) in [4.78, 5) is 38.5. The lowest BCUT2D eigenvalue weighted by molar-refractivity contribution is -0.728. The molecule has 164 valence electrons. The molecule has 0 bridgehead atoms. The summed E-state index contributed by atoms with van der Waals surface area (Å²) in [5.41, 5.74) is 2.65. The van der Waals surface area contributed by atoms with Crippen LogP contribution in [-0.2, 0) is 13.6 Å². The average Bonchev–Trinajstić information content (AvgIpc) is 3.57. The number of oxazole rings is 1. The van der Waals surface area contributed by atoms with E-state index in [1.165, 1.54) is 23.5 Å². The van der Waals surface area contributed by atoms with Crippen molar-refractivity contribution in [1.29, 1.82) is 0 Å². The van der Waals surface area contributed by atoms with Crippen molar-refractivity contribution < 1.29 is 18.7 Å². The van der Waals surface area contributed by atoms with Crippen molar-refractivity contribution in [3.8, 4) is 11.3 Å². The number of anilines is 1. The third-order valence-corrected chi connectivity index (χ3v) is 5.00. The van der Waals surface area contributed by atoms with Crippen molar-refractivity contribution in [2.75, 3.05) is 5.32 Å². The van der Waals surface area contributed by atoms with Gasteiger partial charge in [0.2, 0.25) is 5.78 Å². The summed E-state index contributed by atoms with van der Waals surface area (Å²) in [6.07, 6.45) is 7.81. The van der Waals surface area contributed by atoms with E-state index in [0.29, 0.717) is 17.3 Å². The van der Waals surface area contributed by atoms with E-state index in [0.717, 1.165) is 11.3 Å². The highest BCUT2D eigenvalue weighted by Gasteiger charge is 2.29. The maximum Gasteiger partial charge on any atom is 0.324 e. The molecule has 2 amide bonds. The van der Waals surface area contributed by atoms with Gasteiger partial charge in [0.15, 0.2) is 13.4 Å². The highest BCUT2D eigenvalue weighted by molar-refractivity contribution is 6.09. The second-order valence-electron chi connectivity index (χ2n) is 7.22. The molecule has 1 aromatic carbocycles. The zero-order valence-corrected chi connectivity index (χ0v) is 17.5. The largest absolute Gasteiger partial charge is 0.451 e. The topological polar surface area (TPSA) is 134 Å². The third kappa shape index (κ3) is 4.06. The zero-order chi connectivity index (χ0) is 22.8. The van der Waals surface area contributed by atoms with Crippen LogP contribution in [0.4, 0.5) is 5.82 Å². The number of nitrogens with zero attached hydrogens (tertiary/aromatic N) is 5. The van der Waals surface area contributed by atoms with Crippen LogP contribution in [0.2, 0.25) is 0 Å². The summed E-state index contributed by atoms with van der Waals surface area (Å²) >= 11 is 0. The maximum atomic E-state index is 13.0. The number of H-pyrrole nitrogens is 1. The van der Waals surface area contributed by atoms with E-state index in [1.54, 1.807) is 23.7 Å². The summed E-state index contributed by atoms with van der Waals surface area (Å²) in [6.45, 7) is 0.174. The van der Waals surface area contributed by atoms with Crippen molar-refractivity contribution >= 4 is 23.4 Å². The number of hydrogen-bond acceptors (Lipinski definition) is 6. The first-order valence-electron chi connectivity index (χ1n) is 10.0. The summed E-state index contributed by atoms with van der Waals surface area (Å²) in [6, 6.07) is 11.4. The van der Waals surface area contributed by atoms with Gasteiger partial charge in [-0.05, 0) is 6.07 Å². The molecule has 33 heavy (non-hydrogen) atoms. The summed E-state index contributed by atoms with van der Waals surface area (Å²) in [5.74, 6) is -0.162. The fourth-order valence-corrected chi connectivity index (χ4v) is 3.38. The Morgan fingerprint density at radius 2 is 2.00 bits per heavy atom. The molecule has 0 aliphatic heterocycles. The molecule has 4 aromatic heterocycles. The first-order valence-corrected chi connectivity index (χ1v) is 10.0. The van der Waals surface area contributed by atoms with Gasteiger partial charge < -0.3 is 15.1 Å². The fraction of sp³-hybridized carbons (Fsp3) is 0.0909. The monoisotopic (exact) mass is 443 g/mol. The number of aryl methyl sites for hydroxylation is 1. The highest BCUT2D eigenvalue weighted by atomic mass is 16.3.